The van der Waals surface area contributed by atoms with Gasteiger partial charge in [-0.25, -0.2) is 9.07 Å². The van der Waals surface area contributed by atoms with Crippen molar-refractivity contribution in [1.82, 2.24) is 19.9 Å². The predicted octanol–water partition coefficient (Wildman–Crippen LogP) is 2.79. The molecule has 1 atom stereocenters. The second kappa shape index (κ2) is 6.42. The summed E-state index contributed by atoms with van der Waals surface area (Å²) in [5.74, 6) is 1.07. The van der Waals surface area contributed by atoms with Crippen molar-refractivity contribution in [2.24, 2.45) is 0 Å². The van der Waals surface area contributed by atoms with Crippen molar-refractivity contribution in [3.8, 4) is 11.3 Å². The summed E-state index contributed by atoms with van der Waals surface area (Å²) in [4.78, 5) is 2.22. The highest BCUT2D eigenvalue weighted by molar-refractivity contribution is 5.58. The Hall–Kier alpha value is -2.51. The highest BCUT2D eigenvalue weighted by Crippen LogP contribution is 2.28. The van der Waals surface area contributed by atoms with E-state index in [2.05, 4.69) is 15.2 Å². The molecule has 1 N–H and O–H groups in total. The van der Waals surface area contributed by atoms with Gasteiger partial charge in [0.15, 0.2) is 0 Å². The van der Waals surface area contributed by atoms with E-state index < -0.39 is 6.10 Å². The van der Waals surface area contributed by atoms with Crippen LogP contribution in [0.2, 0.25) is 0 Å². The largest absolute Gasteiger partial charge is 0.460 e. The Morgan fingerprint density at radius 1 is 1.28 bits per heavy atom. The Morgan fingerprint density at radius 3 is 2.80 bits per heavy atom. The Balaban J connectivity index is 1.36. The number of nitrogens with zero attached hydrogens (tertiary/aromatic N) is 4. The molecule has 25 heavy (non-hydrogen) atoms. The molecule has 4 rings (SSSR count). The summed E-state index contributed by atoms with van der Waals surface area (Å²) in [6.45, 7) is 4.01. The van der Waals surface area contributed by atoms with Gasteiger partial charge in [0.25, 0.3) is 0 Å². The number of furan rings is 1. The molecule has 0 radical (unpaired) electrons. The molecule has 0 bridgehead atoms. The van der Waals surface area contributed by atoms with Gasteiger partial charge in [0, 0.05) is 13.1 Å². The molecular weight excluding hydrogens is 323 g/mol. The van der Waals surface area contributed by atoms with E-state index in [1.54, 1.807) is 42.1 Å². The van der Waals surface area contributed by atoms with Crippen LogP contribution in [0.1, 0.15) is 30.5 Å². The quantitative estimate of drug-likeness (QED) is 0.772. The number of benzene rings is 1. The van der Waals surface area contributed by atoms with Crippen molar-refractivity contribution >= 4 is 0 Å². The minimum absolute atomic E-state index is 0.251. The Kier molecular flexibility index (Phi) is 4.10. The van der Waals surface area contributed by atoms with E-state index in [4.69, 9.17) is 4.42 Å². The molecule has 0 aliphatic carbocycles. The number of rotatable bonds is 5. The maximum Gasteiger partial charge on any atom is 0.137 e. The van der Waals surface area contributed by atoms with E-state index >= 15 is 0 Å². The zero-order valence-corrected chi connectivity index (χ0v) is 13.8. The summed E-state index contributed by atoms with van der Waals surface area (Å²) >= 11 is 0. The third-order valence-electron chi connectivity index (χ3n) is 4.45. The number of aliphatic hydroxyl groups excluding tert-OH is 1. The molecule has 2 aromatic heterocycles. The van der Waals surface area contributed by atoms with Crippen LogP contribution in [0.25, 0.3) is 11.3 Å². The first-order chi connectivity index (χ1) is 12.1. The van der Waals surface area contributed by atoms with Gasteiger partial charge < -0.3 is 9.52 Å². The molecule has 130 valence electrons. The summed E-state index contributed by atoms with van der Waals surface area (Å²) in [6.07, 6.45) is 1.18. The molecule has 1 aliphatic heterocycles. The monoisotopic (exact) mass is 342 g/mol. The zero-order chi connectivity index (χ0) is 17.4. The molecule has 1 unspecified atom stereocenters. The number of hydrogen-bond acceptors (Lipinski definition) is 5. The van der Waals surface area contributed by atoms with Crippen LogP contribution in [0, 0.1) is 5.82 Å². The molecule has 0 spiro atoms. The van der Waals surface area contributed by atoms with Gasteiger partial charge in [-0.3, -0.25) is 4.90 Å². The molecule has 1 saturated heterocycles. The predicted molar refractivity (Wildman–Crippen MR) is 89.1 cm³/mol. The molecule has 0 amide bonds. The van der Waals surface area contributed by atoms with Crippen LogP contribution in [0.3, 0.4) is 0 Å². The number of likely N-dealkylation sites (tertiary alicyclic amines) is 1. The van der Waals surface area contributed by atoms with Crippen LogP contribution in [-0.2, 0) is 6.54 Å². The van der Waals surface area contributed by atoms with Crippen molar-refractivity contribution < 1.29 is 13.9 Å². The van der Waals surface area contributed by atoms with E-state index in [-0.39, 0.29) is 11.9 Å². The molecule has 3 aromatic rings. The SMILES string of the molecule is CC(O)c1cn(C2CN(Cc3ccc(-c4ccccc4F)o3)C2)nn1. The lowest BCUT2D eigenvalue weighted by Gasteiger charge is -2.38. The molecular formula is C18H19FN4O2. The van der Waals surface area contributed by atoms with Crippen LogP contribution in [0.5, 0.6) is 0 Å². The smallest absolute Gasteiger partial charge is 0.137 e. The maximum atomic E-state index is 13.8. The lowest BCUT2D eigenvalue weighted by atomic mass is 10.1. The van der Waals surface area contributed by atoms with Crippen LogP contribution >= 0.6 is 0 Å². The van der Waals surface area contributed by atoms with Crippen molar-refractivity contribution in [3.63, 3.8) is 0 Å². The molecule has 7 heteroatoms. The van der Waals surface area contributed by atoms with Gasteiger partial charge in [0.2, 0.25) is 0 Å². The van der Waals surface area contributed by atoms with Crippen LogP contribution in [0.15, 0.2) is 47.0 Å². The molecule has 0 saturated carbocycles. The second-order valence-corrected chi connectivity index (χ2v) is 6.39. The fourth-order valence-electron chi connectivity index (χ4n) is 2.99. The number of hydrogen-bond donors (Lipinski definition) is 1. The molecule has 3 heterocycles. The second-order valence-electron chi connectivity index (χ2n) is 6.39. The Bertz CT molecular complexity index is 867. The van der Waals surface area contributed by atoms with E-state index in [0.717, 1.165) is 18.8 Å². The molecule has 1 fully saturated rings. The topological polar surface area (TPSA) is 67.3 Å². The fraction of sp³-hybridized carbons (Fsp3) is 0.333. The fourth-order valence-corrected chi connectivity index (χ4v) is 2.99. The standard InChI is InChI=1S/C18H19FN4O2/c1-12(24)17-11-23(21-20-17)13-8-22(9-13)10-14-6-7-18(25-14)15-4-2-3-5-16(15)19/h2-7,11-13,24H,8-10H2,1H3. The summed E-state index contributed by atoms with van der Waals surface area (Å²) in [6, 6.07) is 10.5. The summed E-state index contributed by atoms with van der Waals surface area (Å²) < 4.78 is 21.4. The van der Waals surface area contributed by atoms with E-state index in [9.17, 15) is 9.50 Å². The van der Waals surface area contributed by atoms with Crippen molar-refractivity contribution in [3.05, 3.63) is 59.9 Å². The molecule has 1 aromatic carbocycles. The van der Waals surface area contributed by atoms with E-state index in [1.165, 1.54) is 6.07 Å². The number of halogens is 1. The first-order valence-electron chi connectivity index (χ1n) is 8.26. The van der Waals surface area contributed by atoms with Gasteiger partial charge in [-0.1, -0.05) is 17.3 Å². The van der Waals surface area contributed by atoms with Crippen LogP contribution in [0.4, 0.5) is 4.39 Å². The summed E-state index contributed by atoms with van der Waals surface area (Å²) in [7, 11) is 0. The lowest BCUT2D eigenvalue weighted by Crippen LogP contribution is -2.47. The van der Waals surface area contributed by atoms with Gasteiger partial charge in [-0.2, -0.15) is 0 Å². The van der Waals surface area contributed by atoms with Gasteiger partial charge in [0.1, 0.15) is 23.0 Å². The number of aliphatic hydroxyl groups is 1. The van der Waals surface area contributed by atoms with E-state index in [0.29, 0.717) is 23.6 Å². The summed E-state index contributed by atoms with van der Waals surface area (Å²) in [5.41, 5.74) is 1.06. The zero-order valence-electron chi connectivity index (χ0n) is 13.8. The minimum atomic E-state index is -0.607. The van der Waals surface area contributed by atoms with Gasteiger partial charge in [-0.05, 0) is 31.2 Å². The van der Waals surface area contributed by atoms with Gasteiger partial charge in [0.05, 0.1) is 30.5 Å². The van der Waals surface area contributed by atoms with Gasteiger partial charge >= 0.3 is 0 Å². The average Bonchev–Trinajstić information content (AvgIpc) is 3.20. The normalized spacial score (nSPS) is 16.8. The average molecular weight is 342 g/mol. The van der Waals surface area contributed by atoms with Crippen molar-refractivity contribution in [2.45, 2.75) is 25.6 Å². The minimum Gasteiger partial charge on any atom is -0.460 e. The van der Waals surface area contributed by atoms with Gasteiger partial charge in [-0.15, -0.1) is 5.10 Å². The van der Waals surface area contributed by atoms with Crippen LogP contribution < -0.4 is 0 Å². The first-order valence-corrected chi connectivity index (χ1v) is 8.26. The molecule has 1 aliphatic rings. The third-order valence-corrected chi connectivity index (χ3v) is 4.45. The van der Waals surface area contributed by atoms with Crippen molar-refractivity contribution in [1.29, 1.82) is 0 Å². The number of aromatic nitrogens is 3. The van der Waals surface area contributed by atoms with Crippen molar-refractivity contribution in [2.75, 3.05) is 13.1 Å². The highest BCUT2D eigenvalue weighted by atomic mass is 19.1. The Labute approximate surface area is 144 Å². The first kappa shape index (κ1) is 16.0. The van der Waals surface area contributed by atoms with E-state index in [1.807, 2.05) is 6.07 Å². The maximum absolute atomic E-state index is 13.8. The highest BCUT2D eigenvalue weighted by Gasteiger charge is 2.30. The Morgan fingerprint density at radius 2 is 2.08 bits per heavy atom. The lowest BCUT2D eigenvalue weighted by molar-refractivity contribution is 0.0824. The van der Waals surface area contributed by atoms with Crippen LogP contribution in [-0.4, -0.2) is 38.1 Å². The third kappa shape index (κ3) is 3.20. The molecule has 6 nitrogen and oxygen atoms in total. The summed E-state index contributed by atoms with van der Waals surface area (Å²) in [5, 5.41) is 17.5.